The molecule has 1 atom stereocenters. The SMILES string of the molecule is CN(C)c1ccc(CNC(=O)[C@H]2CCN(c3ccc(F)cc3)C2=O)cc1. The Kier molecular flexibility index (Phi) is 5.21. The molecule has 1 N–H and O–H groups in total. The number of carbonyl (C=O) groups excluding carboxylic acids is 2. The third kappa shape index (κ3) is 3.85. The van der Waals surface area contributed by atoms with Gasteiger partial charge in [-0.1, -0.05) is 12.1 Å². The van der Waals surface area contributed by atoms with Gasteiger partial charge in [0, 0.05) is 38.6 Å². The van der Waals surface area contributed by atoms with Crippen molar-refractivity contribution in [1.82, 2.24) is 5.32 Å². The van der Waals surface area contributed by atoms with Crippen molar-refractivity contribution in [3.8, 4) is 0 Å². The molecule has 0 spiro atoms. The van der Waals surface area contributed by atoms with Crippen LogP contribution in [0.15, 0.2) is 48.5 Å². The van der Waals surface area contributed by atoms with Gasteiger partial charge >= 0.3 is 0 Å². The van der Waals surface area contributed by atoms with Gasteiger partial charge in [-0.05, 0) is 48.4 Å². The minimum absolute atomic E-state index is 0.239. The predicted octanol–water partition coefficient (Wildman–Crippen LogP) is 2.56. The van der Waals surface area contributed by atoms with E-state index in [0.717, 1.165) is 11.3 Å². The Morgan fingerprint density at radius 2 is 1.81 bits per heavy atom. The summed E-state index contributed by atoms with van der Waals surface area (Å²) in [6.07, 6.45) is 0.460. The molecule has 1 fully saturated rings. The highest BCUT2D eigenvalue weighted by Crippen LogP contribution is 2.25. The number of nitrogens with zero attached hydrogens (tertiary/aromatic N) is 2. The van der Waals surface area contributed by atoms with Gasteiger partial charge in [0.25, 0.3) is 0 Å². The average Bonchev–Trinajstić information content (AvgIpc) is 3.02. The Morgan fingerprint density at radius 1 is 1.15 bits per heavy atom. The van der Waals surface area contributed by atoms with Crippen molar-refractivity contribution in [3.63, 3.8) is 0 Å². The second-order valence-electron chi connectivity index (χ2n) is 6.59. The first-order valence-electron chi connectivity index (χ1n) is 8.56. The molecule has 0 unspecified atom stereocenters. The van der Waals surface area contributed by atoms with E-state index in [4.69, 9.17) is 0 Å². The number of carbonyl (C=O) groups is 2. The standard InChI is InChI=1S/C20H22FN3O2/c1-23(2)16-7-3-14(4-8-16)13-22-19(25)18-11-12-24(20(18)26)17-9-5-15(21)6-10-17/h3-10,18H,11-13H2,1-2H3,(H,22,25)/t18-/m1/s1. The molecule has 1 aliphatic heterocycles. The summed E-state index contributed by atoms with van der Waals surface area (Å²) in [5, 5.41) is 2.84. The van der Waals surface area contributed by atoms with Crippen LogP contribution in [0, 0.1) is 11.7 Å². The summed E-state index contributed by atoms with van der Waals surface area (Å²) in [5.41, 5.74) is 2.68. The zero-order valence-corrected chi connectivity index (χ0v) is 14.9. The first-order chi connectivity index (χ1) is 12.5. The van der Waals surface area contributed by atoms with Gasteiger partial charge in [0.2, 0.25) is 11.8 Å². The average molecular weight is 355 g/mol. The summed E-state index contributed by atoms with van der Waals surface area (Å²) in [6.45, 7) is 0.840. The van der Waals surface area contributed by atoms with Crippen LogP contribution in [0.3, 0.4) is 0 Å². The maximum absolute atomic E-state index is 13.0. The lowest BCUT2D eigenvalue weighted by atomic mass is 10.1. The van der Waals surface area contributed by atoms with Crippen molar-refractivity contribution < 1.29 is 14.0 Å². The monoisotopic (exact) mass is 355 g/mol. The number of benzene rings is 2. The molecular formula is C20H22FN3O2. The lowest BCUT2D eigenvalue weighted by molar-refractivity contribution is -0.132. The summed E-state index contributed by atoms with van der Waals surface area (Å²) < 4.78 is 13.0. The zero-order valence-electron chi connectivity index (χ0n) is 14.9. The molecule has 0 aliphatic carbocycles. The van der Waals surface area contributed by atoms with Crippen molar-refractivity contribution in [2.75, 3.05) is 30.4 Å². The topological polar surface area (TPSA) is 52.7 Å². The van der Waals surface area contributed by atoms with Gasteiger partial charge in [0.15, 0.2) is 0 Å². The Labute approximate surface area is 152 Å². The second-order valence-corrected chi connectivity index (χ2v) is 6.59. The number of amides is 2. The van der Waals surface area contributed by atoms with E-state index in [-0.39, 0.29) is 17.6 Å². The summed E-state index contributed by atoms with van der Waals surface area (Å²) in [4.78, 5) is 28.5. The van der Waals surface area contributed by atoms with Crippen LogP contribution in [0.4, 0.5) is 15.8 Å². The second kappa shape index (κ2) is 7.56. The van der Waals surface area contributed by atoms with Gasteiger partial charge in [-0.2, -0.15) is 0 Å². The number of rotatable bonds is 5. The smallest absolute Gasteiger partial charge is 0.239 e. The normalized spacial score (nSPS) is 16.7. The van der Waals surface area contributed by atoms with Gasteiger partial charge in [-0.15, -0.1) is 0 Å². The molecule has 5 nitrogen and oxygen atoms in total. The third-order valence-corrected chi connectivity index (χ3v) is 4.58. The number of hydrogen-bond donors (Lipinski definition) is 1. The van der Waals surface area contributed by atoms with E-state index < -0.39 is 5.92 Å². The molecule has 1 saturated heterocycles. The number of nitrogens with one attached hydrogen (secondary N) is 1. The minimum atomic E-state index is -0.693. The van der Waals surface area contributed by atoms with Crippen LogP contribution in [0.5, 0.6) is 0 Å². The van der Waals surface area contributed by atoms with Gasteiger partial charge in [-0.3, -0.25) is 9.59 Å². The lowest BCUT2D eigenvalue weighted by Crippen LogP contribution is -2.36. The van der Waals surface area contributed by atoms with Crippen molar-refractivity contribution >= 4 is 23.2 Å². The van der Waals surface area contributed by atoms with Gasteiger partial charge in [0.1, 0.15) is 11.7 Å². The van der Waals surface area contributed by atoms with Crippen LogP contribution in [0.2, 0.25) is 0 Å². The molecule has 2 aromatic carbocycles. The number of anilines is 2. The molecule has 0 aromatic heterocycles. The fourth-order valence-corrected chi connectivity index (χ4v) is 3.02. The van der Waals surface area contributed by atoms with E-state index in [0.29, 0.717) is 25.2 Å². The number of hydrogen-bond acceptors (Lipinski definition) is 3. The van der Waals surface area contributed by atoms with E-state index in [1.807, 2.05) is 43.3 Å². The van der Waals surface area contributed by atoms with Gasteiger partial charge in [-0.25, -0.2) is 4.39 Å². The molecule has 26 heavy (non-hydrogen) atoms. The van der Waals surface area contributed by atoms with Gasteiger partial charge in [0.05, 0.1) is 0 Å². The highest BCUT2D eigenvalue weighted by Gasteiger charge is 2.37. The van der Waals surface area contributed by atoms with E-state index >= 15 is 0 Å². The first kappa shape index (κ1) is 17.9. The highest BCUT2D eigenvalue weighted by atomic mass is 19.1. The Morgan fingerprint density at radius 3 is 2.42 bits per heavy atom. The molecule has 2 aromatic rings. The summed E-state index contributed by atoms with van der Waals surface area (Å²) in [5.74, 6) is -1.55. The third-order valence-electron chi connectivity index (χ3n) is 4.58. The maximum atomic E-state index is 13.0. The van der Waals surface area contributed by atoms with Crippen molar-refractivity contribution in [2.24, 2.45) is 5.92 Å². The molecule has 136 valence electrons. The molecule has 1 aliphatic rings. The Bertz CT molecular complexity index is 788. The molecule has 6 heteroatoms. The molecular weight excluding hydrogens is 333 g/mol. The molecule has 0 radical (unpaired) electrons. The van der Waals surface area contributed by atoms with Crippen LogP contribution in [-0.2, 0) is 16.1 Å². The van der Waals surface area contributed by atoms with E-state index in [9.17, 15) is 14.0 Å². The fraction of sp³-hybridized carbons (Fsp3) is 0.300. The number of halogens is 1. The molecule has 0 bridgehead atoms. The van der Waals surface area contributed by atoms with Crippen molar-refractivity contribution in [1.29, 1.82) is 0 Å². The molecule has 0 saturated carbocycles. The quantitative estimate of drug-likeness (QED) is 0.839. The first-order valence-corrected chi connectivity index (χ1v) is 8.56. The zero-order chi connectivity index (χ0) is 18.7. The van der Waals surface area contributed by atoms with Crippen LogP contribution in [0.25, 0.3) is 0 Å². The van der Waals surface area contributed by atoms with Gasteiger partial charge < -0.3 is 15.1 Å². The highest BCUT2D eigenvalue weighted by molar-refractivity contribution is 6.09. The van der Waals surface area contributed by atoms with Crippen molar-refractivity contribution in [3.05, 3.63) is 59.9 Å². The molecule has 2 amide bonds. The fourth-order valence-electron chi connectivity index (χ4n) is 3.02. The maximum Gasteiger partial charge on any atom is 0.239 e. The molecule has 3 rings (SSSR count). The van der Waals surface area contributed by atoms with E-state index in [1.54, 1.807) is 12.1 Å². The summed E-state index contributed by atoms with van der Waals surface area (Å²) in [6, 6.07) is 13.6. The van der Waals surface area contributed by atoms with Crippen molar-refractivity contribution in [2.45, 2.75) is 13.0 Å². The van der Waals surface area contributed by atoms with E-state index in [2.05, 4.69) is 5.32 Å². The Balaban J connectivity index is 1.58. The van der Waals surface area contributed by atoms with Crippen LogP contribution < -0.4 is 15.1 Å². The lowest BCUT2D eigenvalue weighted by Gasteiger charge is -2.17. The largest absolute Gasteiger partial charge is 0.378 e. The molecule has 1 heterocycles. The van der Waals surface area contributed by atoms with Crippen LogP contribution >= 0.6 is 0 Å². The minimum Gasteiger partial charge on any atom is -0.378 e. The predicted molar refractivity (Wildman–Crippen MR) is 99.5 cm³/mol. The summed E-state index contributed by atoms with van der Waals surface area (Å²) in [7, 11) is 3.94. The Hall–Kier alpha value is -2.89. The van der Waals surface area contributed by atoms with Crippen LogP contribution in [-0.4, -0.2) is 32.5 Å². The summed E-state index contributed by atoms with van der Waals surface area (Å²) >= 11 is 0. The van der Waals surface area contributed by atoms with Crippen LogP contribution in [0.1, 0.15) is 12.0 Å². The van der Waals surface area contributed by atoms with E-state index in [1.165, 1.54) is 17.0 Å².